The van der Waals surface area contributed by atoms with Crippen molar-refractivity contribution in [3.05, 3.63) is 65.9 Å². The van der Waals surface area contributed by atoms with Crippen LogP contribution in [0.4, 0.5) is 5.69 Å². The van der Waals surface area contributed by atoms with Gasteiger partial charge in [-0.25, -0.2) is 0 Å². The normalized spacial score (nSPS) is 10.3. The summed E-state index contributed by atoms with van der Waals surface area (Å²) in [7, 11) is 0. The Morgan fingerprint density at radius 3 is 2.87 bits per heavy atom. The van der Waals surface area contributed by atoms with Crippen molar-refractivity contribution in [2.75, 3.05) is 11.9 Å². The van der Waals surface area contributed by atoms with E-state index in [1.807, 2.05) is 55.5 Å². The second-order valence-electron chi connectivity index (χ2n) is 5.11. The van der Waals surface area contributed by atoms with E-state index in [0.29, 0.717) is 18.7 Å². The summed E-state index contributed by atoms with van der Waals surface area (Å²) in [6.07, 6.45) is 1.61. The summed E-state index contributed by atoms with van der Waals surface area (Å²) < 4.78 is 5.52. The molecule has 3 aromatic rings. The highest BCUT2D eigenvalue weighted by atomic mass is 16.5. The van der Waals surface area contributed by atoms with Crippen LogP contribution in [0.3, 0.4) is 0 Å². The number of nitriles is 1. The maximum absolute atomic E-state index is 9.34. The van der Waals surface area contributed by atoms with Gasteiger partial charge in [-0.3, -0.25) is 4.98 Å². The summed E-state index contributed by atoms with van der Waals surface area (Å²) in [5.41, 5.74) is 3.34. The molecule has 4 heteroatoms. The van der Waals surface area contributed by atoms with Crippen molar-refractivity contribution in [2.24, 2.45) is 0 Å². The van der Waals surface area contributed by atoms with E-state index in [1.54, 1.807) is 6.20 Å². The summed E-state index contributed by atoms with van der Waals surface area (Å²) in [5.74, 6) is 0.854. The van der Waals surface area contributed by atoms with E-state index in [1.165, 1.54) is 0 Å². The van der Waals surface area contributed by atoms with Crippen LogP contribution >= 0.6 is 0 Å². The highest BCUT2D eigenvalue weighted by Crippen LogP contribution is 2.26. The standard InChI is InChI=1S/C19H17N3O/c1-2-23-16-7-5-6-14(10-16)12-22-19-15(11-20)13-21-18-9-4-3-8-17(18)19/h3-10,13H,2,12H2,1H3,(H,21,22). The van der Waals surface area contributed by atoms with E-state index >= 15 is 0 Å². The van der Waals surface area contributed by atoms with Crippen molar-refractivity contribution >= 4 is 16.6 Å². The monoisotopic (exact) mass is 303 g/mol. The Kier molecular flexibility index (Phi) is 4.39. The SMILES string of the molecule is CCOc1cccc(CNc2c(C#N)cnc3ccccc23)c1. The average molecular weight is 303 g/mol. The molecule has 1 heterocycles. The molecule has 114 valence electrons. The third-order valence-electron chi connectivity index (χ3n) is 3.57. The van der Waals surface area contributed by atoms with Gasteiger partial charge >= 0.3 is 0 Å². The first-order chi connectivity index (χ1) is 11.3. The number of fused-ring (bicyclic) bond motifs is 1. The molecule has 23 heavy (non-hydrogen) atoms. The number of hydrogen-bond donors (Lipinski definition) is 1. The largest absolute Gasteiger partial charge is 0.494 e. The van der Waals surface area contributed by atoms with Gasteiger partial charge in [-0.15, -0.1) is 0 Å². The van der Waals surface area contributed by atoms with Crippen LogP contribution in [0.2, 0.25) is 0 Å². The molecule has 0 spiro atoms. The fourth-order valence-electron chi connectivity index (χ4n) is 2.52. The minimum atomic E-state index is 0.546. The van der Waals surface area contributed by atoms with E-state index in [9.17, 15) is 5.26 Å². The number of hydrogen-bond acceptors (Lipinski definition) is 4. The Balaban J connectivity index is 1.90. The maximum Gasteiger partial charge on any atom is 0.119 e. The smallest absolute Gasteiger partial charge is 0.119 e. The molecule has 0 aliphatic carbocycles. The third kappa shape index (κ3) is 3.24. The number of nitrogens with zero attached hydrogens (tertiary/aromatic N) is 2. The molecule has 0 radical (unpaired) electrons. The lowest BCUT2D eigenvalue weighted by Gasteiger charge is -2.12. The second-order valence-corrected chi connectivity index (χ2v) is 5.11. The van der Waals surface area contributed by atoms with E-state index in [0.717, 1.165) is 27.9 Å². The van der Waals surface area contributed by atoms with Crippen molar-refractivity contribution in [3.8, 4) is 11.8 Å². The second kappa shape index (κ2) is 6.80. The van der Waals surface area contributed by atoms with Gasteiger partial charge in [-0.2, -0.15) is 5.26 Å². The molecule has 0 unspecified atom stereocenters. The summed E-state index contributed by atoms with van der Waals surface area (Å²) in [5, 5.41) is 13.7. The number of nitrogens with one attached hydrogen (secondary N) is 1. The minimum absolute atomic E-state index is 0.546. The zero-order valence-electron chi connectivity index (χ0n) is 12.9. The highest BCUT2D eigenvalue weighted by Gasteiger charge is 2.08. The van der Waals surface area contributed by atoms with Crippen LogP contribution in [-0.4, -0.2) is 11.6 Å². The van der Waals surface area contributed by atoms with E-state index in [4.69, 9.17) is 4.74 Å². The molecule has 0 saturated carbocycles. The predicted octanol–water partition coefficient (Wildman–Crippen LogP) is 4.12. The van der Waals surface area contributed by atoms with Gasteiger partial charge in [0, 0.05) is 18.1 Å². The number of ether oxygens (including phenoxy) is 1. The van der Waals surface area contributed by atoms with Crippen LogP contribution in [0.5, 0.6) is 5.75 Å². The number of pyridine rings is 1. The summed E-state index contributed by atoms with van der Waals surface area (Å²) >= 11 is 0. The van der Waals surface area contributed by atoms with Gasteiger partial charge in [0.1, 0.15) is 11.8 Å². The van der Waals surface area contributed by atoms with Crippen LogP contribution in [0.1, 0.15) is 18.1 Å². The zero-order chi connectivity index (χ0) is 16.1. The van der Waals surface area contributed by atoms with Gasteiger partial charge < -0.3 is 10.1 Å². The van der Waals surface area contributed by atoms with Crippen LogP contribution in [-0.2, 0) is 6.54 Å². The third-order valence-corrected chi connectivity index (χ3v) is 3.57. The van der Waals surface area contributed by atoms with Gasteiger partial charge in [-0.05, 0) is 30.7 Å². The molecule has 1 aromatic heterocycles. The lowest BCUT2D eigenvalue weighted by molar-refractivity contribution is 0.340. The van der Waals surface area contributed by atoms with Crippen LogP contribution in [0, 0.1) is 11.3 Å². The van der Waals surface area contributed by atoms with E-state index in [2.05, 4.69) is 16.4 Å². The molecule has 3 rings (SSSR count). The molecule has 0 aliphatic rings. The number of anilines is 1. The quantitative estimate of drug-likeness (QED) is 0.770. The van der Waals surface area contributed by atoms with Crippen LogP contribution in [0.15, 0.2) is 54.7 Å². The fourth-order valence-corrected chi connectivity index (χ4v) is 2.52. The van der Waals surface area contributed by atoms with Crippen molar-refractivity contribution in [2.45, 2.75) is 13.5 Å². The fraction of sp³-hybridized carbons (Fsp3) is 0.158. The molecule has 4 nitrogen and oxygen atoms in total. The van der Waals surface area contributed by atoms with Crippen molar-refractivity contribution in [1.29, 1.82) is 5.26 Å². The number of aromatic nitrogens is 1. The molecule has 0 fully saturated rings. The molecule has 0 atom stereocenters. The van der Waals surface area contributed by atoms with Crippen molar-refractivity contribution in [3.63, 3.8) is 0 Å². The predicted molar refractivity (Wildman–Crippen MR) is 91.4 cm³/mol. The summed E-state index contributed by atoms with van der Waals surface area (Å²) in [6.45, 7) is 3.22. The van der Waals surface area contributed by atoms with Crippen molar-refractivity contribution < 1.29 is 4.74 Å². The van der Waals surface area contributed by atoms with E-state index in [-0.39, 0.29) is 0 Å². The number of rotatable bonds is 5. The Labute approximate surface area is 135 Å². The maximum atomic E-state index is 9.34. The molecule has 0 aliphatic heterocycles. The minimum Gasteiger partial charge on any atom is -0.494 e. The van der Waals surface area contributed by atoms with E-state index < -0.39 is 0 Å². The Morgan fingerprint density at radius 2 is 2.04 bits per heavy atom. The summed E-state index contributed by atoms with van der Waals surface area (Å²) in [6, 6.07) is 18.0. The average Bonchev–Trinajstić information content (AvgIpc) is 2.60. The molecule has 0 amide bonds. The molecular weight excluding hydrogens is 286 g/mol. The Morgan fingerprint density at radius 1 is 1.17 bits per heavy atom. The van der Waals surface area contributed by atoms with Crippen LogP contribution < -0.4 is 10.1 Å². The number of benzene rings is 2. The number of para-hydroxylation sites is 1. The van der Waals surface area contributed by atoms with Crippen molar-refractivity contribution in [1.82, 2.24) is 4.98 Å². The molecule has 1 N–H and O–H groups in total. The van der Waals surface area contributed by atoms with Gasteiger partial charge in [-0.1, -0.05) is 30.3 Å². The molecule has 0 saturated heterocycles. The van der Waals surface area contributed by atoms with Gasteiger partial charge in [0.25, 0.3) is 0 Å². The Bertz CT molecular complexity index is 868. The molecule has 2 aromatic carbocycles. The molecular formula is C19H17N3O. The first kappa shape index (κ1) is 14.9. The van der Waals surface area contributed by atoms with Gasteiger partial charge in [0.05, 0.1) is 23.4 Å². The zero-order valence-corrected chi connectivity index (χ0v) is 12.9. The van der Waals surface area contributed by atoms with Crippen LogP contribution in [0.25, 0.3) is 10.9 Å². The highest BCUT2D eigenvalue weighted by molar-refractivity contribution is 5.93. The lowest BCUT2D eigenvalue weighted by Crippen LogP contribution is -2.03. The van der Waals surface area contributed by atoms with Gasteiger partial charge in [0.2, 0.25) is 0 Å². The first-order valence-corrected chi connectivity index (χ1v) is 7.55. The van der Waals surface area contributed by atoms with Gasteiger partial charge in [0.15, 0.2) is 0 Å². The Hall–Kier alpha value is -3.06. The molecule has 0 bridgehead atoms. The topological polar surface area (TPSA) is 57.9 Å². The first-order valence-electron chi connectivity index (χ1n) is 7.55. The lowest BCUT2D eigenvalue weighted by atomic mass is 10.1. The summed E-state index contributed by atoms with van der Waals surface area (Å²) in [4.78, 5) is 4.32.